The van der Waals surface area contributed by atoms with E-state index < -0.39 is 0 Å². The molecule has 2 nitrogen and oxygen atoms in total. The van der Waals surface area contributed by atoms with Crippen molar-refractivity contribution in [1.82, 2.24) is 9.97 Å². The second-order valence-electron chi connectivity index (χ2n) is 2.12. The summed E-state index contributed by atoms with van der Waals surface area (Å²) in [5.74, 6) is 1.03. The lowest BCUT2D eigenvalue weighted by molar-refractivity contribution is 1.05. The first kappa shape index (κ1) is 7.06. The lowest BCUT2D eigenvalue weighted by atomic mass is 10.3. The molecule has 0 saturated carbocycles. The van der Waals surface area contributed by atoms with E-state index in [2.05, 4.69) is 29.0 Å². The third-order valence-corrected chi connectivity index (χ3v) is 1.27. The van der Waals surface area contributed by atoms with Crippen molar-refractivity contribution in [1.29, 1.82) is 0 Å². The van der Waals surface area contributed by atoms with E-state index in [1.165, 1.54) is 0 Å². The van der Waals surface area contributed by atoms with Crippen LogP contribution in [0, 0.1) is 0 Å². The van der Waals surface area contributed by atoms with E-state index in [1.807, 2.05) is 6.20 Å². The van der Waals surface area contributed by atoms with Gasteiger partial charge in [-0.25, -0.2) is 4.98 Å². The molecular weight excluding hydrogens is 124 g/mol. The van der Waals surface area contributed by atoms with Gasteiger partial charge < -0.3 is 4.98 Å². The molecular formula is C8H12N2. The number of hydrogen-bond donors (Lipinski definition) is 1. The minimum Gasteiger partial charge on any atom is -0.348 e. The quantitative estimate of drug-likeness (QED) is 0.632. The summed E-state index contributed by atoms with van der Waals surface area (Å²) in [6, 6.07) is 0. The summed E-state index contributed by atoms with van der Waals surface area (Å²) in [7, 11) is 0. The molecule has 0 aliphatic carbocycles. The van der Waals surface area contributed by atoms with Gasteiger partial charge in [0.05, 0.1) is 0 Å². The maximum atomic E-state index is 4.08. The Morgan fingerprint density at radius 2 is 2.50 bits per heavy atom. The average molecular weight is 136 g/mol. The van der Waals surface area contributed by atoms with E-state index in [1.54, 1.807) is 6.20 Å². The van der Waals surface area contributed by atoms with Crippen LogP contribution in [-0.2, 0) is 6.42 Å². The molecule has 10 heavy (non-hydrogen) atoms. The predicted molar refractivity (Wildman–Crippen MR) is 41.7 cm³/mol. The van der Waals surface area contributed by atoms with Crippen LogP contribution in [0.4, 0.5) is 0 Å². The standard InChI is InChI=1S/C8H12N2/c1-2-3-4-5-8-9-6-7-10-8/h3-4,6-7H,2,5H2,1H3,(H,9,10). The zero-order valence-corrected chi connectivity index (χ0v) is 6.17. The maximum absolute atomic E-state index is 4.08. The minimum atomic E-state index is 0.918. The van der Waals surface area contributed by atoms with Crippen LogP contribution in [0.1, 0.15) is 19.2 Å². The Balaban J connectivity index is 2.34. The topological polar surface area (TPSA) is 28.7 Å². The zero-order chi connectivity index (χ0) is 7.23. The largest absolute Gasteiger partial charge is 0.348 e. The fourth-order valence-corrected chi connectivity index (χ4v) is 0.771. The number of hydrogen-bond acceptors (Lipinski definition) is 1. The van der Waals surface area contributed by atoms with Gasteiger partial charge in [-0.05, 0) is 6.42 Å². The Labute approximate surface area is 61.0 Å². The van der Waals surface area contributed by atoms with Gasteiger partial charge in [-0.3, -0.25) is 0 Å². The Bertz CT molecular complexity index is 187. The summed E-state index contributed by atoms with van der Waals surface area (Å²) in [5, 5.41) is 0. The average Bonchev–Trinajstić information content (AvgIpc) is 2.41. The molecule has 0 bridgehead atoms. The molecule has 1 heterocycles. The lowest BCUT2D eigenvalue weighted by Gasteiger charge is -1.85. The Kier molecular flexibility index (Phi) is 2.74. The van der Waals surface area contributed by atoms with E-state index in [-0.39, 0.29) is 0 Å². The highest BCUT2D eigenvalue weighted by atomic mass is 14.9. The molecule has 0 radical (unpaired) electrons. The fraction of sp³-hybridized carbons (Fsp3) is 0.375. The van der Waals surface area contributed by atoms with Gasteiger partial charge in [0.1, 0.15) is 5.82 Å². The van der Waals surface area contributed by atoms with E-state index in [9.17, 15) is 0 Å². The van der Waals surface area contributed by atoms with Gasteiger partial charge in [0, 0.05) is 18.8 Å². The fourth-order valence-electron chi connectivity index (χ4n) is 0.771. The van der Waals surface area contributed by atoms with E-state index in [0.29, 0.717) is 0 Å². The number of aromatic amines is 1. The number of rotatable bonds is 3. The molecule has 0 atom stereocenters. The van der Waals surface area contributed by atoms with Crippen LogP contribution < -0.4 is 0 Å². The van der Waals surface area contributed by atoms with Crippen LogP contribution in [0.3, 0.4) is 0 Å². The van der Waals surface area contributed by atoms with Gasteiger partial charge in [0.2, 0.25) is 0 Å². The molecule has 0 aliphatic rings. The molecule has 0 aliphatic heterocycles. The van der Waals surface area contributed by atoms with Gasteiger partial charge in [0.15, 0.2) is 0 Å². The number of nitrogens with one attached hydrogen (secondary N) is 1. The van der Waals surface area contributed by atoms with Crippen LogP contribution in [0.2, 0.25) is 0 Å². The SMILES string of the molecule is CCC=CCc1ncc[nH]1. The summed E-state index contributed by atoms with van der Waals surface area (Å²) in [6.45, 7) is 2.12. The predicted octanol–water partition coefficient (Wildman–Crippen LogP) is 1.92. The molecule has 0 unspecified atom stereocenters. The normalized spacial score (nSPS) is 10.9. The highest BCUT2D eigenvalue weighted by Crippen LogP contribution is 1.91. The highest BCUT2D eigenvalue weighted by molar-refractivity contribution is 4.95. The van der Waals surface area contributed by atoms with Crippen molar-refractivity contribution >= 4 is 0 Å². The van der Waals surface area contributed by atoms with Gasteiger partial charge >= 0.3 is 0 Å². The number of imidazole rings is 1. The number of aromatic nitrogens is 2. The summed E-state index contributed by atoms with van der Waals surface area (Å²) in [4.78, 5) is 7.11. The van der Waals surface area contributed by atoms with Crippen molar-refractivity contribution in [2.45, 2.75) is 19.8 Å². The Morgan fingerprint density at radius 1 is 1.60 bits per heavy atom. The summed E-state index contributed by atoms with van der Waals surface area (Å²) < 4.78 is 0. The second kappa shape index (κ2) is 3.88. The summed E-state index contributed by atoms with van der Waals surface area (Å²) >= 11 is 0. The third-order valence-electron chi connectivity index (χ3n) is 1.27. The number of nitrogens with zero attached hydrogens (tertiary/aromatic N) is 1. The van der Waals surface area contributed by atoms with E-state index in [0.717, 1.165) is 18.7 Å². The smallest absolute Gasteiger partial charge is 0.109 e. The molecule has 0 aromatic carbocycles. The van der Waals surface area contributed by atoms with Gasteiger partial charge in [-0.1, -0.05) is 19.1 Å². The van der Waals surface area contributed by atoms with Crippen LogP contribution in [-0.4, -0.2) is 9.97 Å². The molecule has 1 aromatic rings. The van der Waals surface area contributed by atoms with Crippen molar-refractivity contribution in [2.24, 2.45) is 0 Å². The molecule has 1 N–H and O–H groups in total. The maximum Gasteiger partial charge on any atom is 0.109 e. The van der Waals surface area contributed by atoms with Crippen LogP contribution in [0.25, 0.3) is 0 Å². The van der Waals surface area contributed by atoms with Gasteiger partial charge in [-0.2, -0.15) is 0 Å². The molecule has 0 amide bonds. The minimum absolute atomic E-state index is 0.918. The molecule has 54 valence electrons. The second-order valence-corrected chi connectivity index (χ2v) is 2.12. The number of H-pyrrole nitrogens is 1. The van der Waals surface area contributed by atoms with Crippen LogP contribution >= 0.6 is 0 Å². The molecule has 1 aromatic heterocycles. The van der Waals surface area contributed by atoms with Gasteiger partial charge in [-0.15, -0.1) is 0 Å². The molecule has 0 fully saturated rings. The molecule has 0 spiro atoms. The van der Waals surface area contributed by atoms with Gasteiger partial charge in [0.25, 0.3) is 0 Å². The lowest BCUT2D eigenvalue weighted by Crippen LogP contribution is -1.81. The zero-order valence-electron chi connectivity index (χ0n) is 6.17. The van der Waals surface area contributed by atoms with E-state index in [4.69, 9.17) is 0 Å². The van der Waals surface area contributed by atoms with Crippen molar-refractivity contribution in [3.05, 3.63) is 30.4 Å². The molecule has 1 rings (SSSR count). The first-order valence-corrected chi connectivity index (χ1v) is 3.56. The monoisotopic (exact) mass is 136 g/mol. The van der Waals surface area contributed by atoms with Crippen molar-refractivity contribution in [3.8, 4) is 0 Å². The van der Waals surface area contributed by atoms with Crippen LogP contribution in [0.15, 0.2) is 24.5 Å². The first-order valence-electron chi connectivity index (χ1n) is 3.56. The van der Waals surface area contributed by atoms with Crippen molar-refractivity contribution in [2.75, 3.05) is 0 Å². The summed E-state index contributed by atoms with van der Waals surface area (Å²) in [6.07, 6.45) is 9.90. The Hall–Kier alpha value is -1.05. The summed E-state index contributed by atoms with van der Waals surface area (Å²) in [5.41, 5.74) is 0. The van der Waals surface area contributed by atoms with Crippen molar-refractivity contribution < 1.29 is 0 Å². The van der Waals surface area contributed by atoms with Crippen LogP contribution in [0.5, 0.6) is 0 Å². The molecule has 2 heteroatoms. The third kappa shape index (κ3) is 2.05. The van der Waals surface area contributed by atoms with Crippen molar-refractivity contribution in [3.63, 3.8) is 0 Å². The molecule has 0 saturated heterocycles. The van der Waals surface area contributed by atoms with E-state index >= 15 is 0 Å². The highest BCUT2D eigenvalue weighted by Gasteiger charge is 1.86. The number of allylic oxidation sites excluding steroid dienone is 2. The first-order chi connectivity index (χ1) is 4.93. The Morgan fingerprint density at radius 3 is 3.10 bits per heavy atom.